The van der Waals surface area contributed by atoms with Crippen LogP contribution in [0, 0.1) is 5.82 Å². The van der Waals surface area contributed by atoms with E-state index in [1.54, 1.807) is 42.5 Å². The minimum Gasteiger partial charge on any atom is -0.492 e. The maximum atomic E-state index is 14.6. The molecule has 0 unspecified atom stereocenters. The summed E-state index contributed by atoms with van der Waals surface area (Å²) in [5, 5.41) is 3.67. The number of nitrogens with zero attached hydrogens (tertiary/aromatic N) is 2. The molecule has 1 heterocycles. The molecule has 0 spiro atoms. The fraction of sp³-hybridized carbons (Fsp3) is 0.115. The lowest BCUT2D eigenvalue weighted by Gasteiger charge is -2.18. The SMILES string of the molecule is CCOc1ccccc1NC(=O)CSC1=NC(=Cc2ccc(Cl)c(Cl)c2)C(=O)N1c1ccccc1F. The minimum absolute atomic E-state index is 0.0355. The third-order valence-electron chi connectivity index (χ3n) is 4.96. The summed E-state index contributed by atoms with van der Waals surface area (Å²) in [6.07, 6.45) is 1.53. The van der Waals surface area contributed by atoms with Crippen LogP contribution in [-0.2, 0) is 9.59 Å². The summed E-state index contributed by atoms with van der Waals surface area (Å²) < 4.78 is 20.2. The summed E-state index contributed by atoms with van der Waals surface area (Å²) in [5.74, 6) is -0.984. The monoisotopic (exact) mass is 543 g/mol. The molecule has 184 valence electrons. The highest BCUT2D eigenvalue weighted by Crippen LogP contribution is 2.32. The highest BCUT2D eigenvalue weighted by Gasteiger charge is 2.34. The third kappa shape index (κ3) is 5.90. The molecule has 4 rings (SSSR count). The molecule has 0 fully saturated rings. The number of carbonyl (C=O) groups is 2. The van der Waals surface area contributed by atoms with Crippen LogP contribution >= 0.6 is 35.0 Å². The highest BCUT2D eigenvalue weighted by molar-refractivity contribution is 8.14. The zero-order chi connectivity index (χ0) is 25.7. The van der Waals surface area contributed by atoms with Crippen LogP contribution in [0.3, 0.4) is 0 Å². The van der Waals surface area contributed by atoms with Crippen molar-refractivity contribution < 1.29 is 18.7 Å². The van der Waals surface area contributed by atoms with E-state index in [0.717, 1.165) is 16.7 Å². The molecule has 6 nitrogen and oxygen atoms in total. The van der Waals surface area contributed by atoms with E-state index in [0.29, 0.717) is 33.7 Å². The van der Waals surface area contributed by atoms with Gasteiger partial charge in [-0.15, -0.1) is 0 Å². The number of hydrogen-bond acceptors (Lipinski definition) is 5. The van der Waals surface area contributed by atoms with Crippen LogP contribution < -0.4 is 15.0 Å². The molecule has 0 radical (unpaired) electrons. The molecule has 3 aromatic carbocycles. The normalized spacial score (nSPS) is 14.2. The molecular formula is C26H20Cl2FN3O3S. The zero-order valence-electron chi connectivity index (χ0n) is 19.0. The molecule has 0 bridgehead atoms. The summed E-state index contributed by atoms with van der Waals surface area (Å²) in [4.78, 5) is 31.5. The van der Waals surface area contributed by atoms with Gasteiger partial charge >= 0.3 is 0 Å². The number of carbonyl (C=O) groups excluding carboxylic acids is 2. The first kappa shape index (κ1) is 25.8. The lowest BCUT2D eigenvalue weighted by atomic mass is 10.2. The van der Waals surface area contributed by atoms with Crippen molar-refractivity contribution in [1.82, 2.24) is 0 Å². The zero-order valence-corrected chi connectivity index (χ0v) is 21.3. The van der Waals surface area contributed by atoms with Gasteiger partial charge in [-0.05, 0) is 55.0 Å². The number of hydrogen-bond donors (Lipinski definition) is 1. The summed E-state index contributed by atoms with van der Waals surface area (Å²) in [7, 11) is 0. The number of aliphatic imine (C=N–C) groups is 1. The van der Waals surface area contributed by atoms with Gasteiger partial charge in [0.25, 0.3) is 5.91 Å². The number of amides is 2. The second kappa shape index (κ2) is 11.6. The van der Waals surface area contributed by atoms with Gasteiger partial charge in [0, 0.05) is 0 Å². The Kier molecular flexibility index (Phi) is 8.30. The maximum absolute atomic E-state index is 14.6. The van der Waals surface area contributed by atoms with Crippen molar-refractivity contribution in [2.24, 2.45) is 4.99 Å². The average molecular weight is 544 g/mol. The van der Waals surface area contributed by atoms with Gasteiger partial charge in [0.15, 0.2) is 5.17 Å². The van der Waals surface area contributed by atoms with Crippen molar-refractivity contribution in [1.29, 1.82) is 0 Å². The van der Waals surface area contributed by atoms with Crippen molar-refractivity contribution in [3.05, 3.63) is 93.9 Å². The number of nitrogens with one attached hydrogen (secondary N) is 1. The van der Waals surface area contributed by atoms with Gasteiger partial charge in [-0.2, -0.15) is 0 Å². The summed E-state index contributed by atoms with van der Waals surface area (Å²) in [6, 6.07) is 17.8. The largest absolute Gasteiger partial charge is 0.492 e. The van der Waals surface area contributed by atoms with Gasteiger partial charge in [-0.1, -0.05) is 65.3 Å². The van der Waals surface area contributed by atoms with Crippen LogP contribution in [0.15, 0.2) is 77.4 Å². The third-order valence-corrected chi connectivity index (χ3v) is 6.64. The Hall–Kier alpha value is -3.33. The molecule has 0 atom stereocenters. The summed E-state index contributed by atoms with van der Waals surface area (Å²) in [5.41, 5.74) is 1.23. The number of thioether (sulfide) groups is 1. The fourth-order valence-corrected chi connectivity index (χ4v) is 4.48. The van der Waals surface area contributed by atoms with Crippen molar-refractivity contribution in [3.63, 3.8) is 0 Å². The van der Waals surface area contributed by atoms with E-state index in [1.807, 2.05) is 13.0 Å². The Bertz CT molecular complexity index is 1380. The Labute approximate surface area is 221 Å². The van der Waals surface area contributed by atoms with Gasteiger partial charge in [0.05, 0.1) is 33.8 Å². The predicted molar refractivity (Wildman–Crippen MR) is 144 cm³/mol. The van der Waals surface area contributed by atoms with E-state index in [4.69, 9.17) is 27.9 Å². The molecule has 1 aliphatic heterocycles. The van der Waals surface area contributed by atoms with Gasteiger partial charge in [0.1, 0.15) is 17.3 Å². The van der Waals surface area contributed by atoms with Crippen LogP contribution in [0.25, 0.3) is 6.08 Å². The Morgan fingerprint density at radius 3 is 2.61 bits per heavy atom. The van der Waals surface area contributed by atoms with Crippen molar-refractivity contribution in [2.75, 3.05) is 22.6 Å². The van der Waals surface area contributed by atoms with Crippen LogP contribution in [0.5, 0.6) is 5.75 Å². The number of anilines is 2. The molecular weight excluding hydrogens is 524 g/mol. The Balaban J connectivity index is 1.59. The van der Waals surface area contributed by atoms with E-state index < -0.39 is 11.7 Å². The maximum Gasteiger partial charge on any atom is 0.283 e. The second-order valence-electron chi connectivity index (χ2n) is 7.46. The molecule has 10 heteroatoms. The lowest BCUT2D eigenvalue weighted by molar-refractivity contribution is -0.114. The highest BCUT2D eigenvalue weighted by atomic mass is 35.5. The van der Waals surface area contributed by atoms with E-state index in [-0.39, 0.29) is 28.2 Å². The first-order valence-electron chi connectivity index (χ1n) is 10.9. The second-order valence-corrected chi connectivity index (χ2v) is 9.21. The van der Waals surface area contributed by atoms with Crippen molar-refractivity contribution in [3.8, 4) is 5.75 Å². The predicted octanol–water partition coefficient (Wildman–Crippen LogP) is 6.65. The Morgan fingerprint density at radius 1 is 1.11 bits per heavy atom. The standard InChI is InChI=1S/C26H20Cl2FN3O3S/c1-2-35-23-10-6-4-8-20(23)30-24(33)15-36-26-31-21(14-16-11-12-17(27)18(28)13-16)25(34)32(26)22-9-5-3-7-19(22)29/h3-14H,2,15H2,1H3,(H,30,33). The topological polar surface area (TPSA) is 71.0 Å². The Morgan fingerprint density at radius 2 is 1.86 bits per heavy atom. The van der Waals surface area contributed by atoms with E-state index in [9.17, 15) is 14.0 Å². The van der Waals surface area contributed by atoms with Crippen LogP contribution in [0.1, 0.15) is 12.5 Å². The number of benzene rings is 3. The molecule has 1 N–H and O–H groups in total. The van der Waals surface area contributed by atoms with Gasteiger partial charge in [0.2, 0.25) is 5.91 Å². The number of halogens is 3. The number of rotatable bonds is 7. The molecule has 0 aliphatic carbocycles. The van der Waals surface area contributed by atoms with E-state index >= 15 is 0 Å². The first-order valence-corrected chi connectivity index (χ1v) is 12.6. The molecule has 36 heavy (non-hydrogen) atoms. The fourth-order valence-electron chi connectivity index (χ4n) is 3.37. The lowest BCUT2D eigenvalue weighted by Crippen LogP contribution is -2.32. The van der Waals surface area contributed by atoms with Crippen molar-refractivity contribution in [2.45, 2.75) is 6.92 Å². The van der Waals surface area contributed by atoms with Gasteiger partial charge in [-0.3, -0.25) is 14.5 Å². The molecule has 3 aromatic rings. The smallest absolute Gasteiger partial charge is 0.283 e. The number of para-hydroxylation sites is 3. The molecule has 0 saturated heterocycles. The van der Waals surface area contributed by atoms with Crippen LogP contribution in [0.4, 0.5) is 15.8 Å². The summed E-state index contributed by atoms with van der Waals surface area (Å²) >= 11 is 13.1. The van der Waals surface area contributed by atoms with Crippen LogP contribution in [0.2, 0.25) is 10.0 Å². The quantitative estimate of drug-likeness (QED) is 0.339. The van der Waals surface area contributed by atoms with Crippen LogP contribution in [-0.4, -0.2) is 29.3 Å². The minimum atomic E-state index is -0.593. The molecule has 0 aromatic heterocycles. The molecule has 0 saturated carbocycles. The number of ether oxygens (including phenoxy) is 1. The van der Waals surface area contributed by atoms with Gasteiger partial charge < -0.3 is 10.1 Å². The van der Waals surface area contributed by atoms with Gasteiger partial charge in [-0.25, -0.2) is 9.38 Å². The average Bonchev–Trinajstić information content (AvgIpc) is 3.16. The first-order chi connectivity index (χ1) is 17.4. The summed E-state index contributed by atoms with van der Waals surface area (Å²) in [6.45, 7) is 2.30. The van der Waals surface area contributed by atoms with E-state index in [1.165, 1.54) is 24.3 Å². The number of amidine groups is 1. The molecule has 1 aliphatic rings. The van der Waals surface area contributed by atoms with Crippen molar-refractivity contribution >= 4 is 69.4 Å². The van der Waals surface area contributed by atoms with E-state index in [2.05, 4.69) is 10.3 Å². The molecule has 2 amide bonds.